The van der Waals surface area contributed by atoms with Crippen LogP contribution in [0.15, 0.2) is 42.5 Å². The SMILES string of the molecule is O=C(COC(=O)COc1ccccc1Cl)NCc1ccc2c(c1)OCO2. The first-order valence-corrected chi connectivity index (χ1v) is 8.18. The lowest BCUT2D eigenvalue weighted by molar-refractivity contribution is -0.150. The summed E-state index contributed by atoms with van der Waals surface area (Å²) in [5.41, 5.74) is 0.843. The number of carbonyl (C=O) groups is 2. The zero-order valence-corrected chi connectivity index (χ0v) is 14.5. The van der Waals surface area contributed by atoms with Crippen molar-refractivity contribution in [3.63, 3.8) is 0 Å². The van der Waals surface area contributed by atoms with Gasteiger partial charge in [-0.3, -0.25) is 4.79 Å². The topological polar surface area (TPSA) is 83.1 Å². The van der Waals surface area contributed by atoms with Crippen molar-refractivity contribution >= 4 is 23.5 Å². The highest BCUT2D eigenvalue weighted by molar-refractivity contribution is 6.32. The summed E-state index contributed by atoms with van der Waals surface area (Å²) in [7, 11) is 0. The van der Waals surface area contributed by atoms with E-state index >= 15 is 0 Å². The maximum Gasteiger partial charge on any atom is 0.344 e. The fraction of sp³-hybridized carbons (Fsp3) is 0.222. The maximum atomic E-state index is 11.8. The van der Waals surface area contributed by atoms with Crippen LogP contribution in [0.2, 0.25) is 5.02 Å². The van der Waals surface area contributed by atoms with Crippen molar-refractivity contribution in [2.75, 3.05) is 20.0 Å². The Bertz CT molecular complexity index is 810. The van der Waals surface area contributed by atoms with E-state index in [1.165, 1.54) is 0 Å². The van der Waals surface area contributed by atoms with Gasteiger partial charge in [0.15, 0.2) is 24.7 Å². The molecule has 8 heteroatoms. The van der Waals surface area contributed by atoms with Crippen LogP contribution < -0.4 is 19.5 Å². The Hall–Kier alpha value is -2.93. The molecule has 0 radical (unpaired) electrons. The van der Waals surface area contributed by atoms with Gasteiger partial charge in [-0.05, 0) is 29.8 Å². The van der Waals surface area contributed by atoms with Crippen LogP contribution in [0.25, 0.3) is 0 Å². The Labute approximate surface area is 154 Å². The second kappa shape index (κ2) is 8.44. The van der Waals surface area contributed by atoms with Crippen LogP contribution in [0, 0.1) is 0 Å². The van der Waals surface area contributed by atoms with Crippen molar-refractivity contribution < 1.29 is 28.5 Å². The van der Waals surface area contributed by atoms with Crippen LogP contribution in [-0.4, -0.2) is 31.9 Å². The van der Waals surface area contributed by atoms with Crippen LogP contribution in [0.5, 0.6) is 17.2 Å². The number of amides is 1. The number of rotatable bonds is 7. The molecule has 3 rings (SSSR count). The molecule has 1 N–H and O–H groups in total. The highest BCUT2D eigenvalue weighted by atomic mass is 35.5. The number of esters is 1. The summed E-state index contributed by atoms with van der Waals surface area (Å²) in [6, 6.07) is 12.1. The third-order valence-electron chi connectivity index (χ3n) is 3.47. The normalized spacial score (nSPS) is 11.7. The summed E-state index contributed by atoms with van der Waals surface area (Å²) in [5.74, 6) is 0.600. The number of nitrogens with one attached hydrogen (secondary N) is 1. The van der Waals surface area contributed by atoms with Crippen LogP contribution in [0.4, 0.5) is 0 Å². The lowest BCUT2D eigenvalue weighted by Gasteiger charge is -2.09. The van der Waals surface area contributed by atoms with Gasteiger partial charge in [-0.2, -0.15) is 0 Å². The van der Waals surface area contributed by atoms with Crippen molar-refractivity contribution in [3.8, 4) is 17.2 Å². The van der Waals surface area contributed by atoms with Gasteiger partial charge in [0.25, 0.3) is 5.91 Å². The molecule has 2 aromatic rings. The molecule has 2 aromatic carbocycles. The third-order valence-corrected chi connectivity index (χ3v) is 3.79. The minimum atomic E-state index is -0.664. The van der Waals surface area contributed by atoms with E-state index in [2.05, 4.69) is 5.32 Å². The zero-order valence-electron chi connectivity index (χ0n) is 13.7. The van der Waals surface area contributed by atoms with E-state index in [1.807, 2.05) is 6.07 Å². The van der Waals surface area contributed by atoms with Crippen LogP contribution >= 0.6 is 11.6 Å². The van der Waals surface area contributed by atoms with Crippen molar-refractivity contribution in [1.29, 1.82) is 0 Å². The van der Waals surface area contributed by atoms with Crippen LogP contribution in [-0.2, 0) is 20.9 Å². The van der Waals surface area contributed by atoms with Gasteiger partial charge in [-0.1, -0.05) is 29.8 Å². The molecule has 0 saturated heterocycles. The van der Waals surface area contributed by atoms with Gasteiger partial charge in [-0.15, -0.1) is 0 Å². The molecule has 0 aromatic heterocycles. The molecule has 0 unspecified atom stereocenters. The lowest BCUT2D eigenvalue weighted by atomic mass is 10.2. The fourth-order valence-electron chi connectivity index (χ4n) is 2.19. The molecule has 0 saturated carbocycles. The number of hydrogen-bond acceptors (Lipinski definition) is 6. The first kappa shape index (κ1) is 17.9. The van der Waals surface area contributed by atoms with E-state index in [-0.39, 0.29) is 19.9 Å². The second-order valence-electron chi connectivity index (χ2n) is 5.34. The van der Waals surface area contributed by atoms with E-state index in [4.69, 9.17) is 30.5 Å². The summed E-state index contributed by atoms with van der Waals surface area (Å²) in [6.07, 6.45) is 0. The molecule has 136 valence electrons. The monoisotopic (exact) mass is 377 g/mol. The van der Waals surface area contributed by atoms with E-state index in [9.17, 15) is 9.59 Å². The van der Waals surface area contributed by atoms with Crippen molar-refractivity contribution in [2.24, 2.45) is 0 Å². The maximum absolute atomic E-state index is 11.8. The van der Waals surface area contributed by atoms with Crippen LogP contribution in [0.3, 0.4) is 0 Å². The summed E-state index contributed by atoms with van der Waals surface area (Å²) in [6.45, 7) is -0.255. The van der Waals surface area contributed by atoms with Gasteiger partial charge in [0.1, 0.15) is 5.75 Å². The van der Waals surface area contributed by atoms with E-state index in [0.29, 0.717) is 22.3 Å². The zero-order chi connectivity index (χ0) is 18.4. The Morgan fingerprint density at radius 1 is 1.08 bits per heavy atom. The average molecular weight is 378 g/mol. The molecule has 0 bridgehead atoms. The predicted molar refractivity (Wildman–Crippen MR) is 92.3 cm³/mol. The van der Waals surface area contributed by atoms with E-state index in [1.54, 1.807) is 36.4 Å². The first-order chi connectivity index (χ1) is 12.6. The molecule has 0 fully saturated rings. The third kappa shape index (κ3) is 4.80. The predicted octanol–water partition coefficient (Wildman–Crippen LogP) is 2.31. The molecule has 0 spiro atoms. The number of para-hydroxylation sites is 1. The van der Waals surface area contributed by atoms with E-state index < -0.39 is 18.5 Å². The first-order valence-electron chi connectivity index (χ1n) is 7.80. The smallest absolute Gasteiger partial charge is 0.344 e. The summed E-state index contributed by atoms with van der Waals surface area (Å²) >= 11 is 5.91. The summed E-state index contributed by atoms with van der Waals surface area (Å²) in [4.78, 5) is 23.4. The summed E-state index contributed by atoms with van der Waals surface area (Å²) in [5, 5.41) is 3.04. The number of hydrogen-bond donors (Lipinski definition) is 1. The molecule has 7 nitrogen and oxygen atoms in total. The number of fused-ring (bicyclic) bond motifs is 1. The number of benzene rings is 2. The lowest BCUT2D eigenvalue weighted by Crippen LogP contribution is -2.29. The molecule has 0 aliphatic carbocycles. The van der Waals surface area contributed by atoms with Gasteiger partial charge in [0, 0.05) is 6.54 Å². The van der Waals surface area contributed by atoms with Crippen molar-refractivity contribution in [1.82, 2.24) is 5.32 Å². The highest BCUT2D eigenvalue weighted by Gasteiger charge is 2.14. The second-order valence-corrected chi connectivity index (χ2v) is 5.75. The van der Waals surface area contributed by atoms with Gasteiger partial charge in [0.2, 0.25) is 6.79 Å². The molecule has 0 atom stereocenters. The summed E-state index contributed by atoms with van der Waals surface area (Å²) < 4.78 is 20.6. The molecule has 1 amide bonds. The molecule has 1 aliphatic rings. The average Bonchev–Trinajstić information content (AvgIpc) is 3.12. The molecular weight excluding hydrogens is 362 g/mol. The molecule has 26 heavy (non-hydrogen) atoms. The minimum Gasteiger partial charge on any atom is -0.480 e. The largest absolute Gasteiger partial charge is 0.480 e. The number of carbonyl (C=O) groups excluding carboxylic acids is 2. The Morgan fingerprint density at radius 2 is 1.88 bits per heavy atom. The number of halogens is 1. The molecule has 1 heterocycles. The molecular formula is C18H16ClNO6. The van der Waals surface area contributed by atoms with Gasteiger partial charge in [0.05, 0.1) is 5.02 Å². The minimum absolute atomic E-state index is 0.192. The fourth-order valence-corrected chi connectivity index (χ4v) is 2.38. The van der Waals surface area contributed by atoms with E-state index in [0.717, 1.165) is 5.56 Å². The van der Waals surface area contributed by atoms with Crippen molar-refractivity contribution in [3.05, 3.63) is 53.1 Å². The Kier molecular flexibility index (Phi) is 5.80. The highest BCUT2D eigenvalue weighted by Crippen LogP contribution is 2.32. The van der Waals surface area contributed by atoms with Crippen molar-refractivity contribution in [2.45, 2.75) is 6.54 Å². The Balaban J connectivity index is 1.37. The van der Waals surface area contributed by atoms with Gasteiger partial charge in [-0.25, -0.2) is 4.79 Å². The standard InChI is InChI=1S/C18H16ClNO6/c19-13-3-1-2-4-14(13)23-10-18(22)24-9-17(21)20-8-12-5-6-15-16(7-12)26-11-25-15/h1-7H,8-11H2,(H,20,21). The van der Waals surface area contributed by atoms with Crippen LogP contribution in [0.1, 0.15) is 5.56 Å². The van der Waals surface area contributed by atoms with Gasteiger partial charge < -0.3 is 24.3 Å². The van der Waals surface area contributed by atoms with Gasteiger partial charge >= 0.3 is 5.97 Å². The quantitative estimate of drug-likeness (QED) is 0.745. The Morgan fingerprint density at radius 3 is 2.73 bits per heavy atom. The number of ether oxygens (including phenoxy) is 4. The molecule has 1 aliphatic heterocycles.